The van der Waals surface area contributed by atoms with E-state index in [9.17, 15) is 9.90 Å². The van der Waals surface area contributed by atoms with Crippen LogP contribution in [0.2, 0.25) is 0 Å². The molecule has 0 bridgehead atoms. The van der Waals surface area contributed by atoms with Crippen molar-refractivity contribution in [2.75, 3.05) is 13.2 Å². The lowest BCUT2D eigenvalue weighted by atomic mass is 9.99. The number of aliphatic hydroxyl groups is 1. The van der Waals surface area contributed by atoms with Crippen LogP contribution in [-0.4, -0.2) is 44.7 Å². The highest BCUT2D eigenvalue weighted by atomic mass is 16.3. The molecule has 1 amide bonds. The lowest BCUT2D eigenvalue weighted by Crippen LogP contribution is -2.43. The lowest BCUT2D eigenvalue weighted by molar-refractivity contribution is -0.129. The predicted octanol–water partition coefficient (Wildman–Crippen LogP) is 3.78. The normalized spacial score (nSPS) is 17.5. The minimum absolute atomic E-state index is 0.00689. The molecule has 1 aromatic carbocycles. The fraction of sp³-hybridized carbons (Fsp3) is 0.304. The Hall–Kier alpha value is -2.92. The van der Waals surface area contributed by atoms with Gasteiger partial charge in [0.2, 0.25) is 5.91 Å². The summed E-state index contributed by atoms with van der Waals surface area (Å²) < 4.78 is 1.85. The highest BCUT2D eigenvalue weighted by Crippen LogP contribution is 2.27. The van der Waals surface area contributed by atoms with E-state index in [0.29, 0.717) is 6.42 Å². The second kappa shape index (κ2) is 8.40. The molecule has 144 valence electrons. The SMILES string of the molecule is O=C(C=Cc1c(-c2ccccc2)nn2ccccc12)N1CCCCC1CCO. The number of pyridine rings is 1. The van der Waals surface area contributed by atoms with E-state index in [1.807, 2.05) is 70.2 Å². The van der Waals surface area contributed by atoms with Crippen molar-refractivity contribution in [1.29, 1.82) is 0 Å². The minimum Gasteiger partial charge on any atom is -0.396 e. The van der Waals surface area contributed by atoms with Crippen LogP contribution in [0.15, 0.2) is 60.8 Å². The fourth-order valence-electron chi connectivity index (χ4n) is 3.98. The van der Waals surface area contributed by atoms with Crippen molar-refractivity contribution < 1.29 is 9.90 Å². The average molecular weight is 375 g/mol. The summed E-state index contributed by atoms with van der Waals surface area (Å²) in [7, 11) is 0. The maximum absolute atomic E-state index is 12.9. The van der Waals surface area contributed by atoms with Gasteiger partial charge >= 0.3 is 0 Å². The number of amides is 1. The number of carbonyl (C=O) groups excluding carboxylic acids is 1. The molecule has 1 aliphatic heterocycles. The van der Waals surface area contributed by atoms with E-state index in [4.69, 9.17) is 5.10 Å². The van der Waals surface area contributed by atoms with E-state index >= 15 is 0 Å². The number of hydrogen-bond acceptors (Lipinski definition) is 3. The summed E-state index contributed by atoms with van der Waals surface area (Å²) in [6, 6.07) is 16.1. The molecule has 0 radical (unpaired) electrons. The van der Waals surface area contributed by atoms with Gasteiger partial charge in [-0.2, -0.15) is 5.10 Å². The van der Waals surface area contributed by atoms with Gasteiger partial charge < -0.3 is 10.0 Å². The van der Waals surface area contributed by atoms with E-state index in [0.717, 1.165) is 48.1 Å². The first kappa shape index (κ1) is 18.4. The molecule has 0 aliphatic carbocycles. The van der Waals surface area contributed by atoms with Gasteiger partial charge in [0, 0.05) is 42.6 Å². The van der Waals surface area contributed by atoms with Gasteiger partial charge in [-0.15, -0.1) is 0 Å². The van der Waals surface area contributed by atoms with Crippen LogP contribution < -0.4 is 0 Å². The van der Waals surface area contributed by atoms with E-state index in [-0.39, 0.29) is 18.6 Å². The Kier molecular flexibility index (Phi) is 5.53. The van der Waals surface area contributed by atoms with Gasteiger partial charge in [0.1, 0.15) is 5.69 Å². The summed E-state index contributed by atoms with van der Waals surface area (Å²) in [4.78, 5) is 14.8. The third kappa shape index (κ3) is 3.71. The Morgan fingerprint density at radius 3 is 2.79 bits per heavy atom. The highest BCUT2D eigenvalue weighted by Gasteiger charge is 2.25. The second-order valence-electron chi connectivity index (χ2n) is 7.19. The zero-order valence-electron chi connectivity index (χ0n) is 15.9. The molecule has 4 rings (SSSR count). The summed E-state index contributed by atoms with van der Waals surface area (Å²) >= 11 is 0. The van der Waals surface area contributed by atoms with Crippen molar-refractivity contribution in [2.45, 2.75) is 31.7 Å². The smallest absolute Gasteiger partial charge is 0.246 e. The topological polar surface area (TPSA) is 57.8 Å². The standard InChI is InChI=1S/C23H25N3O2/c27-17-14-19-10-4-6-15-25(19)22(28)13-12-20-21-11-5-7-16-26(21)24-23(20)18-8-2-1-3-9-18/h1-3,5,7-9,11-13,16,19,27H,4,6,10,14-15,17H2. The zero-order valence-corrected chi connectivity index (χ0v) is 15.9. The van der Waals surface area contributed by atoms with E-state index in [2.05, 4.69) is 0 Å². The Morgan fingerprint density at radius 1 is 1.14 bits per heavy atom. The van der Waals surface area contributed by atoms with Crippen LogP contribution in [0.25, 0.3) is 22.9 Å². The molecule has 2 aromatic heterocycles. The van der Waals surface area contributed by atoms with Gasteiger partial charge in [-0.1, -0.05) is 36.4 Å². The summed E-state index contributed by atoms with van der Waals surface area (Å²) in [6.07, 6.45) is 9.21. The summed E-state index contributed by atoms with van der Waals surface area (Å²) in [5, 5.41) is 14.0. The van der Waals surface area contributed by atoms with Crippen molar-refractivity contribution in [2.24, 2.45) is 0 Å². The summed E-state index contributed by atoms with van der Waals surface area (Å²) in [5.74, 6) is 0.00689. The molecule has 1 unspecified atom stereocenters. The van der Waals surface area contributed by atoms with Gasteiger partial charge in [0.25, 0.3) is 0 Å². The molecule has 28 heavy (non-hydrogen) atoms. The van der Waals surface area contributed by atoms with E-state index < -0.39 is 0 Å². The molecule has 1 aliphatic rings. The third-order valence-corrected chi connectivity index (χ3v) is 5.39. The van der Waals surface area contributed by atoms with Crippen molar-refractivity contribution in [3.63, 3.8) is 0 Å². The quantitative estimate of drug-likeness (QED) is 0.691. The maximum Gasteiger partial charge on any atom is 0.246 e. The van der Waals surface area contributed by atoms with Crippen molar-refractivity contribution in [3.8, 4) is 11.3 Å². The molecule has 3 aromatic rings. The molecule has 1 fully saturated rings. The summed E-state index contributed by atoms with van der Waals surface area (Å²) in [5.41, 5.74) is 3.79. The Bertz CT molecular complexity index is 976. The fourth-order valence-corrected chi connectivity index (χ4v) is 3.98. The van der Waals surface area contributed by atoms with E-state index in [1.165, 1.54) is 0 Å². The molecule has 1 N–H and O–H groups in total. The molecule has 1 saturated heterocycles. The van der Waals surface area contributed by atoms with Crippen LogP contribution in [0, 0.1) is 0 Å². The Balaban J connectivity index is 1.68. The monoisotopic (exact) mass is 375 g/mol. The number of benzene rings is 1. The van der Waals surface area contributed by atoms with Crippen molar-refractivity contribution >= 4 is 17.5 Å². The van der Waals surface area contributed by atoms with Crippen LogP contribution >= 0.6 is 0 Å². The first-order valence-corrected chi connectivity index (χ1v) is 9.90. The average Bonchev–Trinajstić information content (AvgIpc) is 3.12. The van der Waals surface area contributed by atoms with Gasteiger partial charge in [-0.3, -0.25) is 4.79 Å². The van der Waals surface area contributed by atoms with Gasteiger partial charge in [-0.05, 0) is 43.9 Å². The Morgan fingerprint density at radius 2 is 1.96 bits per heavy atom. The number of aliphatic hydroxyl groups excluding tert-OH is 1. The van der Waals surface area contributed by atoms with Gasteiger partial charge in [0.05, 0.1) is 5.52 Å². The molecular weight excluding hydrogens is 350 g/mol. The molecule has 5 nitrogen and oxygen atoms in total. The third-order valence-electron chi connectivity index (χ3n) is 5.39. The predicted molar refractivity (Wildman–Crippen MR) is 111 cm³/mol. The number of fused-ring (bicyclic) bond motifs is 1. The van der Waals surface area contributed by atoms with Crippen molar-refractivity contribution in [1.82, 2.24) is 14.5 Å². The minimum atomic E-state index is 0.00689. The number of rotatable bonds is 5. The number of likely N-dealkylation sites (tertiary alicyclic amines) is 1. The first-order chi connectivity index (χ1) is 13.8. The van der Waals surface area contributed by atoms with E-state index in [1.54, 1.807) is 6.08 Å². The summed E-state index contributed by atoms with van der Waals surface area (Å²) in [6.45, 7) is 0.874. The second-order valence-corrected chi connectivity index (χ2v) is 7.19. The highest BCUT2D eigenvalue weighted by molar-refractivity contribution is 5.95. The molecule has 1 atom stereocenters. The number of carbonyl (C=O) groups is 1. The van der Waals surface area contributed by atoms with Crippen molar-refractivity contribution in [3.05, 3.63) is 66.4 Å². The molecule has 3 heterocycles. The number of hydrogen-bond donors (Lipinski definition) is 1. The molecule has 0 spiro atoms. The van der Waals surface area contributed by atoms with Crippen LogP contribution in [-0.2, 0) is 4.79 Å². The number of aromatic nitrogens is 2. The lowest BCUT2D eigenvalue weighted by Gasteiger charge is -2.34. The molecular formula is C23H25N3O2. The number of nitrogens with zero attached hydrogens (tertiary/aromatic N) is 3. The van der Waals surface area contributed by atoms with Crippen LogP contribution in [0.1, 0.15) is 31.2 Å². The van der Waals surface area contributed by atoms with Gasteiger partial charge in [-0.25, -0.2) is 4.52 Å². The van der Waals surface area contributed by atoms with Crippen LogP contribution in [0.4, 0.5) is 0 Å². The largest absolute Gasteiger partial charge is 0.396 e. The van der Waals surface area contributed by atoms with Gasteiger partial charge in [0.15, 0.2) is 0 Å². The van der Waals surface area contributed by atoms with Crippen LogP contribution in [0.3, 0.4) is 0 Å². The molecule has 0 saturated carbocycles. The first-order valence-electron chi connectivity index (χ1n) is 9.90. The molecule has 5 heteroatoms. The maximum atomic E-state index is 12.9. The number of piperidine rings is 1. The zero-order chi connectivity index (χ0) is 19.3. The Labute approximate surface area is 164 Å². The van der Waals surface area contributed by atoms with Crippen LogP contribution in [0.5, 0.6) is 0 Å².